The number of aryl methyl sites for hydroxylation is 2. The third-order valence-electron chi connectivity index (χ3n) is 3.68. The lowest BCUT2D eigenvalue weighted by molar-refractivity contribution is 0.638. The molecule has 0 fully saturated rings. The molecule has 0 saturated heterocycles. The average Bonchev–Trinajstić information content (AvgIpc) is 2.76. The zero-order valence-electron chi connectivity index (χ0n) is 10.4. The molecule has 0 saturated carbocycles. The van der Waals surface area contributed by atoms with Gasteiger partial charge in [0.15, 0.2) is 0 Å². The highest BCUT2D eigenvalue weighted by molar-refractivity contribution is 5.63. The molecule has 2 aromatic rings. The Labute approximate surface area is 102 Å². The third-order valence-corrected chi connectivity index (χ3v) is 3.68. The average molecular weight is 226 g/mol. The van der Waals surface area contributed by atoms with E-state index in [1.165, 1.54) is 33.6 Å². The molecule has 3 rings (SSSR count). The lowest BCUT2D eigenvalue weighted by atomic mass is 10.0. The predicted octanol–water partition coefficient (Wildman–Crippen LogP) is 2.94. The first-order chi connectivity index (χ1) is 8.24. The van der Waals surface area contributed by atoms with E-state index in [0.717, 1.165) is 19.5 Å². The Kier molecular flexibility index (Phi) is 2.52. The Balaban J connectivity index is 2.03. The van der Waals surface area contributed by atoms with Crippen LogP contribution in [0.2, 0.25) is 0 Å². The fourth-order valence-corrected chi connectivity index (χ4v) is 2.42. The molecule has 0 bridgehead atoms. The maximum Gasteiger partial charge on any atom is 0.0459 e. The van der Waals surface area contributed by atoms with Crippen molar-refractivity contribution in [3.05, 3.63) is 46.6 Å². The van der Waals surface area contributed by atoms with Gasteiger partial charge in [-0.2, -0.15) is 0 Å². The molecule has 2 heteroatoms. The summed E-state index contributed by atoms with van der Waals surface area (Å²) in [6.07, 6.45) is 1.11. The minimum absolute atomic E-state index is 0.997. The Morgan fingerprint density at radius 1 is 1.06 bits per heavy atom. The second kappa shape index (κ2) is 4.04. The minimum Gasteiger partial charge on any atom is -0.358 e. The standard InChI is InChI=1S/C15H18N2/c1-10-3-4-12(7-11(10)2)15-8-13-9-16-6-5-14(13)17-15/h3-4,7-8,16-17H,5-6,9H2,1-2H3. The maximum atomic E-state index is 3.56. The van der Waals surface area contributed by atoms with Crippen molar-refractivity contribution in [1.29, 1.82) is 0 Å². The summed E-state index contributed by atoms with van der Waals surface area (Å²) in [5, 5.41) is 3.41. The normalized spacial score (nSPS) is 14.7. The van der Waals surface area contributed by atoms with E-state index in [1.807, 2.05) is 0 Å². The van der Waals surface area contributed by atoms with Crippen LogP contribution < -0.4 is 5.32 Å². The van der Waals surface area contributed by atoms with Gasteiger partial charge in [-0.3, -0.25) is 0 Å². The van der Waals surface area contributed by atoms with Crippen molar-refractivity contribution in [2.24, 2.45) is 0 Å². The van der Waals surface area contributed by atoms with Gasteiger partial charge in [0.05, 0.1) is 0 Å². The van der Waals surface area contributed by atoms with Crippen molar-refractivity contribution in [1.82, 2.24) is 10.3 Å². The van der Waals surface area contributed by atoms with Crippen LogP contribution in [0.25, 0.3) is 11.3 Å². The monoisotopic (exact) mass is 226 g/mol. The van der Waals surface area contributed by atoms with Gasteiger partial charge in [0.1, 0.15) is 0 Å². The van der Waals surface area contributed by atoms with Crippen molar-refractivity contribution >= 4 is 0 Å². The molecule has 0 spiro atoms. The SMILES string of the molecule is Cc1ccc(-c2cc3c([nH]2)CCNC3)cc1C. The molecule has 0 unspecified atom stereocenters. The van der Waals surface area contributed by atoms with Crippen molar-refractivity contribution < 1.29 is 0 Å². The molecule has 1 aliphatic heterocycles. The molecule has 88 valence electrons. The highest BCUT2D eigenvalue weighted by Crippen LogP contribution is 2.25. The summed E-state index contributed by atoms with van der Waals surface area (Å²) in [7, 11) is 0. The summed E-state index contributed by atoms with van der Waals surface area (Å²) >= 11 is 0. The molecule has 2 nitrogen and oxygen atoms in total. The number of hydrogen-bond acceptors (Lipinski definition) is 1. The number of H-pyrrole nitrogens is 1. The Hall–Kier alpha value is -1.54. The number of aromatic amines is 1. The van der Waals surface area contributed by atoms with E-state index >= 15 is 0 Å². The first-order valence-electron chi connectivity index (χ1n) is 6.23. The number of rotatable bonds is 1. The van der Waals surface area contributed by atoms with Gasteiger partial charge in [-0.25, -0.2) is 0 Å². The molecule has 17 heavy (non-hydrogen) atoms. The summed E-state index contributed by atoms with van der Waals surface area (Å²) in [6, 6.07) is 8.95. The van der Waals surface area contributed by atoms with Gasteiger partial charge >= 0.3 is 0 Å². The van der Waals surface area contributed by atoms with Crippen LogP contribution in [-0.2, 0) is 13.0 Å². The van der Waals surface area contributed by atoms with E-state index in [1.54, 1.807) is 0 Å². The topological polar surface area (TPSA) is 27.8 Å². The molecular weight excluding hydrogens is 208 g/mol. The molecule has 2 heterocycles. The van der Waals surface area contributed by atoms with E-state index in [9.17, 15) is 0 Å². The zero-order chi connectivity index (χ0) is 11.8. The van der Waals surface area contributed by atoms with Crippen LogP contribution in [0.15, 0.2) is 24.3 Å². The van der Waals surface area contributed by atoms with Crippen LogP contribution in [0.3, 0.4) is 0 Å². The summed E-state index contributed by atoms with van der Waals surface area (Å²) < 4.78 is 0. The van der Waals surface area contributed by atoms with Crippen LogP contribution in [-0.4, -0.2) is 11.5 Å². The third kappa shape index (κ3) is 1.89. The fourth-order valence-electron chi connectivity index (χ4n) is 2.42. The Morgan fingerprint density at radius 3 is 2.71 bits per heavy atom. The van der Waals surface area contributed by atoms with Crippen LogP contribution >= 0.6 is 0 Å². The summed E-state index contributed by atoms with van der Waals surface area (Å²) in [6.45, 7) is 6.41. The van der Waals surface area contributed by atoms with Gasteiger partial charge < -0.3 is 10.3 Å². The number of benzene rings is 1. The largest absolute Gasteiger partial charge is 0.358 e. The van der Waals surface area contributed by atoms with Gasteiger partial charge in [0, 0.05) is 30.9 Å². The van der Waals surface area contributed by atoms with E-state index in [-0.39, 0.29) is 0 Å². The molecule has 2 N–H and O–H groups in total. The summed E-state index contributed by atoms with van der Waals surface area (Å²) in [4.78, 5) is 3.56. The fraction of sp³-hybridized carbons (Fsp3) is 0.333. The number of nitrogens with one attached hydrogen (secondary N) is 2. The minimum atomic E-state index is 0.997. The molecule has 0 aliphatic carbocycles. The van der Waals surface area contributed by atoms with Gasteiger partial charge in [-0.1, -0.05) is 12.1 Å². The highest BCUT2D eigenvalue weighted by atomic mass is 14.9. The molecule has 0 amide bonds. The smallest absolute Gasteiger partial charge is 0.0459 e. The second-order valence-electron chi connectivity index (χ2n) is 4.91. The second-order valence-corrected chi connectivity index (χ2v) is 4.91. The van der Waals surface area contributed by atoms with Crippen molar-refractivity contribution in [2.75, 3.05) is 6.54 Å². The van der Waals surface area contributed by atoms with Crippen LogP contribution in [0.4, 0.5) is 0 Å². The van der Waals surface area contributed by atoms with Gasteiger partial charge in [0.2, 0.25) is 0 Å². The Bertz CT molecular complexity index is 529. The van der Waals surface area contributed by atoms with E-state index in [4.69, 9.17) is 0 Å². The number of hydrogen-bond donors (Lipinski definition) is 2. The van der Waals surface area contributed by atoms with Crippen molar-refractivity contribution in [3.63, 3.8) is 0 Å². The lowest BCUT2D eigenvalue weighted by Gasteiger charge is -2.11. The first kappa shape index (κ1) is 10.6. The van der Waals surface area contributed by atoms with Crippen LogP contribution in [0.1, 0.15) is 22.4 Å². The van der Waals surface area contributed by atoms with Gasteiger partial charge in [-0.15, -0.1) is 0 Å². The zero-order valence-corrected chi connectivity index (χ0v) is 10.4. The molecule has 1 aromatic carbocycles. The lowest BCUT2D eigenvalue weighted by Crippen LogP contribution is -2.22. The Morgan fingerprint density at radius 2 is 1.94 bits per heavy atom. The maximum absolute atomic E-state index is 3.56. The van der Waals surface area contributed by atoms with E-state index < -0.39 is 0 Å². The molecule has 1 aromatic heterocycles. The first-order valence-corrected chi connectivity index (χ1v) is 6.23. The van der Waals surface area contributed by atoms with Crippen molar-refractivity contribution in [3.8, 4) is 11.3 Å². The van der Waals surface area contributed by atoms with E-state index in [0.29, 0.717) is 0 Å². The number of fused-ring (bicyclic) bond motifs is 1. The molecular formula is C15H18N2. The van der Waals surface area contributed by atoms with Crippen LogP contribution in [0.5, 0.6) is 0 Å². The van der Waals surface area contributed by atoms with Crippen molar-refractivity contribution in [2.45, 2.75) is 26.8 Å². The van der Waals surface area contributed by atoms with Gasteiger partial charge in [-0.05, 0) is 48.2 Å². The molecule has 0 radical (unpaired) electrons. The highest BCUT2D eigenvalue weighted by Gasteiger charge is 2.12. The number of aromatic nitrogens is 1. The van der Waals surface area contributed by atoms with E-state index in [2.05, 4.69) is 48.4 Å². The molecule has 0 atom stereocenters. The molecule has 1 aliphatic rings. The summed E-state index contributed by atoms with van der Waals surface area (Å²) in [5.74, 6) is 0. The summed E-state index contributed by atoms with van der Waals surface area (Å²) in [5.41, 5.74) is 8.07. The predicted molar refractivity (Wildman–Crippen MR) is 71.1 cm³/mol. The van der Waals surface area contributed by atoms with Gasteiger partial charge in [0.25, 0.3) is 0 Å². The van der Waals surface area contributed by atoms with Crippen LogP contribution in [0, 0.1) is 13.8 Å². The quantitative estimate of drug-likeness (QED) is 0.768.